The molecule has 2 rings (SSSR count). The van der Waals surface area contributed by atoms with E-state index in [0.29, 0.717) is 30.6 Å². The van der Waals surface area contributed by atoms with Crippen LogP contribution in [0.15, 0.2) is 35.5 Å². The monoisotopic (exact) mass is 554 g/mol. The Hall–Kier alpha value is -2.51. The first kappa shape index (κ1) is 26.5. The number of hydrogen-bond donors (Lipinski definition) is 3. The zero-order valence-corrected chi connectivity index (χ0v) is 19.7. The van der Waals surface area contributed by atoms with Crippen molar-refractivity contribution in [3.05, 3.63) is 36.2 Å². The van der Waals surface area contributed by atoms with Crippen molar-refractivity contribution in [1.29, 1.82) is 0 Å². The van der Waals surface area contributed by atoms with Gasteiger partial charge in [0.15, 0.2) is 17.5 Å². The van der Waals surface area contributed by atoms with Crippen LogP contribution in [0.1, 0.15) is 19.5 Å². The molecule has 1 aromatic heterocycles. The number of guanidine groups is 1. The number of anilines is 2. The summed E-state index contributed by atoms with van der Waals surface area (Å²) >= 11 is 0. The number of methoxy groups -OCH3 is 1. The molecule has 8 nitrogen and oxygen atoms in total. The highest BCUT2D eigenvalue weighted by atomic mass is 127. The molecule has 0 amide bonds. The minimum Gasteiger partial charge on any atom is -0.493 e. The van der Waals surface area contributed by atoms with Crippen molar-refractivity contribution in [2.75, 3.05) is 44.0 Å². The van der Waals surface area contributed by atoms with Crippen LogP contribution in [0.3, 0.4) is 0 Å². The molecule has 0 saturated carbocycles. The van der Waals surface area contributed by atoms with Gasteiger partial charge in [-0.05, 0) is 32.0 Å². The minimum absolute atomic E-state index is 0. The normalized spacial score (nSPS) is 11.4. The Bertz CT molecular complexity index is 852. The van der Waals surface area contributed by atoms with Gasteiger partial charge in [-0.3, -0.25) is 4.99 Å². The Labute approximate surface area is 196 Å². The van der Waals surface area contributed by atoms with Gasteiger partial charge >= 0.3 is 6.18 Å². The fourth-order valence-corrected chi connectivity index (χ4v) is 2.40. The van der Waals surface area contributed by atoms with E-state index in [1.807, 2.05) is 19.9 Å². The minimum atomic E-state index is -4.52. The summed E-state index contributed by atoms with van der Waals surface area (Å²) in [6.45, 7) is 5.47. The standard InChI is InChI=1S/C19H25F3N6O2.HI/c1-4-23-17(27-13-6-7-14(29-3)15(12-13)30-5-2)25-10-11-26-18-24-9-8-16(28-18)19(20,21)22;/h6-9,12H,4-5,10-11H2,1-3H3,(H2,23,25,27)(H,24,26,28);1H. The third kappa shape index (κ3) is 8.63. The molecule has 1 heterocycles. The topological polar surface area (TPSA) is 92.7 Å². The summed E-state index contributed by atoms with van der Waals surface area (Å²) in [5.74, 6) is 1.63. The van der Waals surface area contributed by atoms with Gasteiger partial charge in [0.05, 0.1) is 20.3 Å². The van der Waals surface area contributed by atoms with E-state index in [0.717, 1.165) is 18.0 Å². The van der Waals surface area contributed by atoms with Crippen LogP contribution in [0.25, 0.3) is 0 Å². The van der Waals surface area contributed by atoms with Crippen molar-refractivity contribution in [3.8, 4) is 11.5 Å². The average Bonchev–Trinajstić information content (AvgIpc) is 2.71. The first-order valence-electron chi connectivity index (χ1n) is 9.37. The Balaban J connectivity index is 0.00000480. The van der Waals surface area contributed by atoms with E-state index in [1.165, 1.54) is 0 Å². The van der Waals surface area contributed by atoms with Crippen LogP contribution in [0, 0.1) is 0 Å². The average molecular weight is 554 g/mol. The molecule has 0 spiro atoms. The maximum Gasteiger partial charge on any atom is 0.433 e. The van der Waals surface area contributed by atoms with E-state index >= 15 is 0 Å². The number of alkyl halides is 3. The van der Waals surface area contributed by atoms with Gasteiger partial charge in [-0.1, -0.05) is 0 Å². The lowest BCUT2D eigenvalue weighted by Crippen LogP contribution is -2.31. The van der Waals surface area contributed by atoms with Crippen LogP contribution >= 0.6 is 24.0 Å². The lowest BCUT2D eigenvalue weighted by molar-refractivity contribution is -0.141. The van der Waals surface area contributed by atoms with Crippen molar-refractivity contribution < 1.29 is 22.6 Å². The van der Waals surface area contributed by atoms with Crippen LogP contribution in [-0.4, -0.2) is 49.3 Å². The van der Waals surface area contributed by atoms with Gasteiger partial charge in [-0.15, -0.1) is 24.0 Å². The second kappa shape index (κ2) is 13.0. The third-order valence-electron chi connectivity index (χ3n) is 3.68. The molecule has 0 aliphatic heterocycles. The molecule has 1 aromatic carbocycles. The van der Waals surface area contributed by atoms with E-state index in [2.05, 4.69) is 30.9 Å². The van der Waals surface area contributed by atoms with Crippen LogP contribution in [0.2, 0.25) is 0 Å². The van der Waals surface area contributed by atoms with E-state index < -0.39 is 11.9 Å². The van der Waals surface area contributed by atoms with Crippen LogP contribution in [0.4, 0.5) is 24.8 Å². The molecule has 12 heteroatoms. The summed E-state index contributed by atoms with van der Waals surface area (Å²) in [6, 6.07) is 6.22. The molecular weight excluding hydrogens is 528 g/mol. The summed E-state index contributed by atoms with van der Waals surface area (Å²) in [4.78, 5) is 11.6. The molecule has 0 atom stereocenters. The molecule has 3 N–H and O–H groups in total. The number of nitrogens with zero attached hydrogens (tertiary/aromatic N) is 3. The Morgan fingerprint density at radius 2 is 1.94 bits per heavy atom. The molecule has 0 unspecified atom stereocenters. The second-order valence-corrected chi connectivity index (χ2v) is 5.87. The molecule has 2 aromatic rings. The van der Waals surface area contributed by atoms with Crippen LogP contribution < -0.4 is 25.4 Å². The predicted octanol–water partition coefficient (Wildman–Crippen LogP) is 4.01. The highest BCUT2D eigenvalue weighted by Gasteiger charge is 2.32. The molecule has 0 radical (unpaired) electrons. The van der Waals surface area contributed by atoms with E-state index in [9.17, 15) is 13.2 Å². The first-order chi connectivity index (χ1) is 14.4. The van der Waals surface area contributed by atoms with Gasteiger partial charge in [0, 0.05) is 31.0 Å². The summed E-state index contributed by atoms with van der Waals surface area (Å²) in [6.07, 6.45) is -3.45. The molecular formula is C19H26F3IN6O2. The van der Waals surface area contributed by atoms with Gasteiger partial charge in [0.25, 0.3) is 0 Å². The highest BCUT2D eigenvalue weighted by molar-refractivity contribution is 14.0. The summed E-state index contributed by atoms with van der Waals surface area (Å²) in [5.41, 5.74) is -0.253. The number of rotatable bonds is 9. The number of nitrogens with one attached hydrogen (secondary N) is 3. The largest absolute Gasteiger partial charge is 0.493 e. The van der Waals surface area contributed by atoms with Gasteiger partial charge in [-0.2, -0.15) is 13.2 Å². The number of aromatic nitrogens is 2. The van der Waals surface area contributed by atoms with Crippen molar-refractivity contribution in [2.24, 2.45) is 4.99 Å². The van der Waals surface area contributed by atoms with Crippen LogP contribution in [0.5, 0.6) is 11.5 Å². The summed E-state index contributed by atoms with van der Waals surface area (Å²) < 4.78 is 48.9. The maximum absolute atomic E-state index is 12.7. The lowest BCUT2D eigenvalue weighted by Gasteiger charge is -2.14. The zero-order chi connectivity index (χ0) is 22.0. The SMILES string of the molecule is CCNC(=NCCNc1nccc(C(F)(F)F)n1)Nc1ccc(OC)c(OCC)c1.I. The molecule has 0 bridgehead atoms. The number of hydrogen-bond acceptors (Lipinski definition) is 6. The molecule has 0 saturated heterocycles. The number of ether oxygens (including phenoxy) is 2. The highest BCUT2D eigenvalue weighted by Crippen LogP contribution is 2.30. The summed E-state index contributed by atoms with van der Waals surface area (Å²) in [7, 11) is 1.57. The first-order valence-corrected chi connectivity index (χ1v) is 9.37. The van der Waals surface area contributed by atoms with Gasteiger partial charge in [-0.25, -0.2) is 9.97 Å². The molecule has 172 valence electrons. The molecule has 0 aliphatic carbocycles. The van der Waals surface area contributed by atoms with Crippen molar-refractivity contribution in [3.63, 3.8) is 0 Å². The summed E-state index contributed by atoms with van der Waals surface area (Å²) in [5, 5.41) is 8.99. The van der Waals surface area contributed by atoms with Gasteiger partial charge in [0.1, 0.15) is 5.69 Å². The Morgan fingerprint density at radius 3 is 2.58 bits per heavy atom. The van der Waals surface area contributed by atoms with Gasteiger partial charge in [0.2, 0.25) is 5.95 Å². The lowest BCUT2D eigenvalue weighted by atomic mass is 10.2. The van der Waals surface area contributed by atoms with E-state index in [4.69, 9.17) is 9.47 Å². The van der Waals surface area contributed by atoms with E-state index in [-0.39, 0.29) is 43.0 Å². The second-order valence-electron chi connectivity index (χ2n) is 5.87. The van der Waals surface area contributed by atoms with Crippen LogP contribution in [-0.2, 0) is 6.18 Å². The predicted molar refractivity (Wildman–Crippen MR) is 125 cm³/mol. The quantitative estimate of drug-likeness (QED) is 0.187. The third-order valence-corrected chi connectivity index (χ3v) is 3.68. The molecule has 0 fully saturated rings. The van der Waals surface area contributed by atoms with Crippen molar-refractivity contribution in [2.45, 2.75) is 20.0 Å². The van der Waals surface area contributed by atoms with E-state index in [1.54, 1.807) is 19.2 Å². The van der Waals surface area contributed by atoms with Gasteiger partial charge < -0.3 is 25.4 Å². The maximum atomic E-state index is 12.7. The fourth-order valence-electron chi connectivity index (χ4n) is 2.40. The fraction of sp³-hybridized carbons (Fsp3) is 0.421. The Kier molecular flexibility index (Phi) is 11.1. The van der Waals surface area contributed by atoms with Crippen molar-refractivity contribution >= 4 is 41.6 Å². The smallest absolute Gasteiger partial charge is 0.433 e. The molecule has 31 heavy (non-hydrogen) atoms. The number of aliphatic imine (C=N–C) groups is 1. The van der Waals surface area contributed by atoms with Crippen molar-refractivity contribution in [1.82, 2.24) is 15.3 Å². The molecule has 0 aliphatic rings. The number of halogens is 4. The number of benzene rings is 1. The zero-order valence-electron chi connectivity index (χ0n) is 17.4. The Morgan fingerprint density at radius 1 is 1.16 bits per heavy atom.